The van der Waals surface area contributed by atoms with E-state index in [1.807, 2.05) is 0 Å². The molecule has 0 bridgehead atoms. The molecule has 1 nitrogen and oxygen atoms in total. The molecule has 0 unspecified atom stereocenters. The van der Waals surface area contributed by atoms with Gasteiger partial charge in [0.1, 0.15) is 0 Å². The van der Waals surface area contributed by atoms with Crippen LogP contribution in [-0.4, -0.2) is 12.2 Å². The van der Waals surface area contributed by atoms with Gasteiger partial charge in [0.2, 0.25) is 0 Å². The third kappa shape index (κ3) is 7.52. The van der Waals surface area contributed by atoms with Crippen molar-refractivity contribution in [1.82, 2.24) is 0 Å². The van der Waals surface area contributed by atoms with Crippen LogP contribution in [0.5, 0.6) is 0 Å². The van der Waals surface area contributed by atoms with Crippen LogP contribution in [-0.2, 0) is 4.79 Å². The van der Waals surface area contributed by atoms with E-state index in [9.17, 15) is 4.79 Å². The van der Waals surface area contributed by atoms with Gasteiger partial charge in [-0.25, -0.2) is 0 Å². The van der Waals surface area contributed by atoms with Gasteiger partial charge in [0.15, 0.2) is 6.29 Å². The fourth-order valence-electron chi connectivity index (χ4n) is 0.422. The van der Waals surface area contributed by atoms with Crippen molar-refractivity contribution in [2.24, 2.45) is 0 Å². The molecule has 0 rings (SSSR count). The van der Waals surface area contributed by atoms with E-state index in [2.05, 4.69) is 11.8 Å². The van der Waals surface area contributed by atoms with Gasteiger partial charge in [-0.15, -0.1) is 11.6 Å². The summed E-state index contributed by atoms with van der Waals surface area (Å²) in [6.45, 7) is 0. The number of unbranched alkanes of at least 4 members (excludes halogenated alkanes) is 2. The zero-order valence-electron chi connectivity index (χ0n) is 5.19. The Balaban J connectivity index is 2.99. The molecule has 0 N–H and O–H groups in total. The van der Waals surface area contributed by atoms with Crippen molar-refractivity contribution >= 4 is 17.9 Å². The van der Waals surface area contributed by atoms with Gasteiger partial charge in [-0.2, -0.15) is 0 Å². The van der Waals surface area contributed by atoms with Crippen molar-refractivity contribution in [3.63, 3.8) is 0 Å². The molecule has 0 atom stereocenters. The largest absolute Gasteiger partial charge is 0.289 e. The van der Waals surface area contributed by atoms with Gasteiger partial charge < -0.3 is 0 Å². The molecule has 0 heterocycles. The molecule has 0 aliphatic carbocycles. The molecule has 9 heavy (non-hydrogen) atoms. The van der Waals surface area contributed by atoms with Gasteiger partial charge in [-0.1, -0.05) is 5.92 Å². The Kier molecular flexibility index (Phi) is 7.12. The third-order valence-electron chi connectivity index (χ3n) is 0.846. The van der Waals surface area contributed by atoms with Crippen LogP contribution in [0.1, 0.15) is 19.3 Å². The molecule has 0 radical (unpaired) electrons. The Morgan fingerprint density at radius 2 is 2.22 bits per heavy atom. The maximum Gasteiger partial charge on any atom is 0.192 e. The molecule has 0 saturated heterocycles. The van der Waals surface area contributed by atoms with Gasteiger partial charge in [-0.3, -0.25) is 4.79 Å². The summed E-state index contributed by atoms with van der Waals surface area (Å²) in [5, 5.41) is 0. The molecule has 50 valence electrons. The smallest absolute Gasteiger partial charge is 0.192 e. The van der Waals surface area contributed by atoms with Crippen LogP contribution in [0, 0.1) is 11.8 Å². The van der Waals surface area contributed by atoms with Crippen LogP contribution in [0.2, 0.25) is 0 Å². The monoisotopic (exact) mass is 144 g/mol. The molecule has 0 amide bonds. The SMILES string of the molecule is O=CC#CCCCCCl. The summed E-state index contributed by atoms with van der Waals surface area (Å²) in [4.78, 5) is 9.64. The fourth-order valence-corrected chi connectivity index (χ4v) is 0.611. The minimum Gasteiger partial charge on any atom is -0.289 e. The first kappa shape index (κ1) is 8.52. The van der Waals surface area contributed by atoms with Crippen molar-refractivity contribution in [2.75, 3.05) is 5.88 Å². The summed E-state index contributed by atoms with van der Waals surface area (Å²) < 4.78 is 0. The second-order valence-electron chi connectivity index (χ2n) is 1.59. The quantitative estimate of drug-likeness (QED) is 0.255. The molecule has 0 spiro atoms. The maximum atomic E-state index is 9.64. The lowest BCUT2D eigenvalue weighted by Crippen LogP contribution is -1.74. The van der Waals surface area contributed by atoms with Crippen molar-refractivity contribution in [3.05, 3.63) is 0 Å². The molecule has 0 aliphatic rings. The van der Waals surface area contributed by atoms with Crippen molar-refractivity contribution in [2.45, 2.75) is 19.3 Å². The van der Waals surface area contributed by atoms with Crippen LogP contribution in [0.25, 0.3) is 0 Å². The Bertz CT molecular complexity index is 121. The zero-order chi connectivity index (χ0) is 6.95. The highest BCUT2D eigenvalue weighted by atomic mass is 35.5. The number of carbonyl (C=O) groups excluding carboxylic acids is 1. The van der Waals surface area contributed by atoms with E-state index < -0.39 is 0 Å². The van der Waals surface area contributed by atoms with Gasteiger partial charge in [0.25, 0.3) is 0 Å². The molecule has 0 aromatic heterocycles. The summed E-state index contributed by atoms with van der Waals surface area (Å²) in [5.41, 5.74) is 0. The summed E-state index contributed by atoms with van der Waals surface area (Å²) in [5.74, 6) is 5.71. The predicted octanol–water partition coefficient (Wildman–Crippen LogP) is 1.60. The van der Waals surface area contributed by atoms with E-state index in [1.165, 1.54) is 0 Å². The average Bonchev–Trinajstić information content (AvgIpc) is 1.89. The number of hydrogen-bond acceptors (Lipinski definition) is 1. The Morgan fingerprint density at radius 3 is 2.78 bits per heavy atom. The second kappa shape index (κ2) is 7.52. The maximum absolute atomic E-state index is 9.64. The van der Waals surface area contributed by atoms with E-state index in [1.54, 1.807) is 0 Å². The lowest BCUT2D eigenvalue weighted by Gasteiger charge is -1.85. The minimum atomic E-state index is 0.612. The van der Waals surface area contributed by atoms with E-state index in [4.69, 9.17) is 11.6 Å². The predicted molar refractivity (Wildman–Crippen MR) is 38.4 cm³/mol. The van der Waals surface area contributed by atoms with E-state index >= 15 is 0 Å². The molecular formula is C7H9ClO. The summed E-state index contributed by atoms with van der Waals surface area (Å²) in [6.07, 6.45) is 3.37. The molecular weight excluding hydrogens is 136 g/mol. The van der Waals surface area contributed by atoms with E-state index in [0.717, 1.165) is 19.3 Å². The van der Waals surface area contributed by atoms with Crippen molar-refractivity contribution < 1.29 is 4.79 Å². The number of carbonyl (C=O) groups is 1. The number of halogens is 1. The highest BCUT2D eigenvalue weighted by molar-refractivity contribution is 6.17. The molecule has 0 aromatic carbocycles. The van der Waals surface area contributed by atoms with Crippen LogP contribution in [0.15, 0.2) is 0 Å². The standard InChI is InChI=1S/C7H9ClO/c8-6-4-2-1-3-5-7-9/h7H,1-2,4,6H2. The van der Waals surface area contributed by atoms with E-state index in [0.29, 0.717) is 12.2 Å². The average molecular weight is 145 g/mol. The fraction of sp³-hybridized carbons (Fsp3) is 0.571. The Morgan fingerprint density at radius 1 is 1.44 bits per heavy atom. The zero-order valence-corrected chi connectivity index (χ0v) is 5.95. The van der Waals surface area contributed by atoms with Crippen molar-refractivity contribution in [1.29, 1.82) is 0 Å². The Labute approximate surface area is 60.4 Å². The summed E-state index contributed by atoms with van der Waals surface area (Å²) in [7, 11) is 0. The van der Waals surface area contributed by atoms with E-state index in [-0.39, 0.29) is 0 Å². The van der Waals surface area contributed by atoms with Gasteiger partial charge in [0, 0.05) is 12.3 Å². The van der Waals surface area contributed by atoms with Gasteiger partial charge >= 0.3 is 0 Å². The highest BCUT2D eigenvalue weighted by Crippen LogP contribution is 1.94. The Hall–Kier alpha value is -0.480. The number of rotatable bonds is 3. The first-order chi connectivity index (χ1) is 4.41. The number of aldehydes is 1. The lowest BCUT2D eigenvalue weighted by molar-refractivity contribution is -0.103. The second-order valence-corrected chi connectivity index (χ2v) is 1.96. The summed E-state index contributed by atoms with van der Waals surface area (Å²) >= 11 is 5.40. The van der Waals surface area contributed by atoms with Gasteiger partial charge in [0.05, 0.1) is 0 Å². The van der Waals surface area contributed by atoms with Crippen LogP contribution < -0.4 is 0 Å². The number of alkyl halides is 1. The molecule has 0 aliphatic heterocycles. The minimum absolute atomic E-state index is 0.612. The highest BCUT2D eigenvalue weighted by Gasteiger charge is 1.80. The number of hydrogen-bond donors (Lipinski definition) is 0. The molecule has 0 saturated carbocycles. The first-order valence-electron chi connectivity index (χ1n) is 2.90. The normalized spacial score (nSPS) is 7.67. The molecule has 2 heteroatoms. The van der Waals surface area contributed by atoms with Crippen LogP contribution >= 0.6 is 11.6 Å². The van der Waals surface area contributed by atoms with Gasteiger partial charge in [-0.05, 0) is 18.8 Å². The molecule has 0 aromatic rings. The first-order valence-corrected chi connectivity index (χ1v) is 3.43. The van der Waals surface area contributed by atoms with Crippen LogP contribution in [0.3, 0.4) is 0 Å². The topological polar surface area (TPSA) is 17.1 Å². The van der Waals surface area contributed by atoms with Crippen LogP contribution in [0.4, 0.5) is 0 Å². The third-order valence-corrected chi connectivity index (χ3v) is 1.11. The molecule has 0 fully saturated rings. The lowest BCUT2D eigenvalue weighted by atomic mass is 10.2. The van der Waals surface area contributed by atoms with Crippen molar-refractivity contribution in [3.8, 4) is 11.8 Å². The summed E-state index contributed by atoms with van der Waals surface area (Å²) in [6, 6.07) is 0.